The van der Waals surface area contributed by atoms with Gasteiger partial charge in [-0.2, -0.15) is 26.3 Å². The monoisotopic (exact) mass is 589 g/mol. The number of nitrogens with zero attached hydrogens (tertiary/aromatic N) is 3. The highest BCUT2D eigenvalue weighted by Gasteiger charge is 2.41. The van der Waals surface area contributed by atoms with E-state index in [1.165, 1.54) is 5.01 Å². The molecule has 2 fully saturated rings. The number of rotatable bonds is 4. The van der Waals surface area contributed by atoms with Crippen LogP contribution in [0.1, 0.15) is 17.0 Å². The minimum absolute atomic E-state index is 0.173. The van der Waals surface area contributed by atoms with E-state index in [4.69, 9.17) is 24.5 Å². The van der Waals surface area contributed by atoms with Gasteiger partial charge < -0.3 is 14.9 Å². The molecule has 1 aromatic heterocycles. The smallest absolute Gasteiger partial charge is 0.475 e. The Morgan fingerprint density at radius 2 is 1.49 bits per heavy atom. The number of thiazole rings is 1. The van der Waals surface area contributed by atoms with Crippen LogP contribution in [-0.4, -0.2) is 88.7 Å². The van der Waals surface area contributed by atoms with Crippen molar-refractivity contribution in [2.45, 2.75) is 31.9 Å². The lowest BCUT2D eigenvalue weighted by Gasteiger charge is -2.32. The number of carbonyl (C=O) groups is 2. The SMILES string of the molecule is Fc1ccc(CN2CCOCC3(CCN(Cc4nccs4)C3)C2)cc1.O=C(O)C(F)(F)F.O=C(O)C(F)(F)F. The number of aliphatic carboxylic acids is 2. The van der Waals surface area contributed by atoms with Crippen molar-refractivity contribution in [2.24, 2.45) is 5.41 Å². The number of halogens is 7. The lowest BCUT2D eigenvalue weighted by Crippen LogP contribution is -2.40. The third-order valence-corrected chi connectivity index (χ3v) is 6.45. The second-order valence-corrected chi connectivity index (χ2v) is 9.86. The minimum Gasteiger partial charge on any atom is -0.475 e. The van der Waals surface area contributed by atoms with E-state index in [2.05, 4.69) is 14.8 Å². The fourth-order valence-corrected chi connectivity index (χ4v) is 4.65. The molecule has 2 aliphatic heterocycles. The quantitative estimate of drug-likeness (QED) is 0.510. The molecule has 0 aliphatic carbocycles. The van der Waals surface area contributed by atoms with Crippen LogP contribution < -0.4 is 0 Å². The molecule has 3 heterocycles. The van der Waals surface area contributed by atoms with Crippen LogP contribution in [0.3, 0.4) is 0 Å². The standard InChI is InChI=1S/C19H24FN3OS.2C2HF3O2/c20-17-3-1-16(2-4-17)11-23-8-9-24-15-19(14-23)5-7-22(13-19)12-18-21-6-10-25-18;2*3-2(4,5)1(6)7/h1-4,6,10H,5,7-9,11-15H2;2*(H,6,7). The van der Waals surface area contributed by atoms with Crippen LogP contribution in [0.2, 0.25) is 0 Å². The minimum atomic E-state index is -5.08. The van der Waals surface area contributed by atoms with Crippen molar-refractivity contribution < 1.29 is 55.3 Å². The van der Waals surface area contributed by atoms with Gasteiger partial charge in [0.2, 0.25) is 0 Å². The number of carboxylic acid groups (broad SMARTS) is 2. The summed E-state index contributed by atoms with van der Waals surface area (Å²) < 4.78 is 82.6. The Bertz CT molecular complexity index is 1030. The molecule has 2 aromatic rings. The van der Waals surface area contributed by atoms with E-state index < -0.39 is 24.3 Å². The first-order valence-corrected chi connectivity index (χ1v) is 12.2. The van der Waals surface area contributed by atoms with Gasteiger partial charge in [-0.3, -0.25) is 9.80 Å². The molecule has 0 saturated carbocycles. The third-order valence-electron chi connectivity index (χ3n) is 5.68. The normalized spacial score (nSPS) is 20.4. The maximum absolute atomic E-state index is 13.1. The molecule has 2 saturated heterocycles. The molecule has 0 bridgehead atoms. The molecular weight excluding hydrogens is 563 g/mol. The van der Waals surface area contributed by atoms with Gasteiger partial charge in [-0.15, -0.1) is 11.3 Å². The number of ether oxygens (including phenoxy) is 1. The summed E-state index contributed by atoms with van der Waals surface area (Å²) in [4.78, 5) is 27.2. The molecule has 39 heavy (non-hydrogen) atoms. The van der Waals surface area contributed by atoms with Crippen molar-refractivity contribution >= 4 is 23.3 Å². The largest absolute Gasteiger partial charge is 0.490 e. The number of hydrogen-bond donors (Lipinski definition) is 2. The number of hydrogen-bond acceptors (Lipinski definition) is 7. The van der Waals surface area contributed by atoms with Crippen molar-refractivity contribution in [1.29, 1.82) is 0 Å². The van der Waals surface area contributed by atoms with Crippen molar-refractivity contribution in [3.63, 3.8) is 0 Å². The maximum Gasteiger partial charge on any atom is 0.490 e. The van der Waals surface area contributed by atoms with Crippen molar-refractivity contribution in [3.8, 4) is 0 Å². The molecule has 8 nitrogen and oxygen atoms in total. The molecule has 1 unspecified atom stereocenters. The van der Waals surface area contributed by atoms with Crippen molar-refractivity contribution in [2.75, 3.05) is 39.4 Å². The Morgan fingerprint density at radius 3 is 1.97 bits per heavy atom. The first-order chi connectivity index (χ1) is 18.1. The summed E-state index contributed by atoms with van der Waals surface area (Å²) in [6, 6.07) is 6.86. The predicted octanol–water partition coefficient (Wildman–Crippen LogP) is 4.27. The predicted molar refractivity (Wildman–Crippen MR) is 124 cm³/mol. The fraction of sp³-hybridized carbons (Fsp3) is 0.522. The number of aromatic nitrogens is 1. The summed E-state index contributed by atoms with van der Waals surface area (Å²) in [7, 11) is 0. The topological polar surface area (TPSA) is 103 Å². The van der Waals surface area contributed by atoms with Gasteiger partial charge in [-0.25, -0.2) is 19.0 Å². The molecule has 2 N–H and O–H groups in total. The Morgan fingerprint density at radius 1 is 0.949 bits per heavy atom. The Hall–Kier alpha value is -2.82. The van der Waals surface area contributed by atoms with E-state index >= 15 is 0 Å². The van der Waals surface area contributed by atoms with Crippen molar-refractivity contribution in [1.82, 2.24) is 14.8 Å². The van der Waals surface area contributed by atoms with Gasteiger partial charge >= 0.3 is 24.3 Å². The summed E-state index contributed by atoms with van der Waals surface area (Å²) in [5, 5.41) is 17.5. The van der Waals surface area contributed by atoms with Crippen LogP contribution in [0, 0.1) is 11.2 Å². The first kappa shape index (κ1) is 32.4. The van der Waals surface area contributed by atoms with Gasteiger partial charge in [-0.1, -0.05) is 12.1 Å². The summed E-state index contributed by atoms with van der Waals surface area (Å²) in [6.07, 6.45) is -7.12. The lowest BCUT2D eigenvalue weighted by molar-refractivity contribution is -0.193. The Kier molecular flexibility index (Phi) is 11.6. The fourth-order valence-electron chi connectivity index (χ4n) is 4.00. The number of likely N-dealkylation sites (tertiary alicyclic amines) is 1. The van der Waals surface area contributed by atoms with Crippen LogP contribution in [0.5, 0.6) is 0 Å². The van der Waals surface area contributed by atoms with E-state index in [0.29, 0.717) is 0 Å². The molecule has 4 rings (SSSR count). The van der Waals surface area contributed by atoms with Gasteiger partial charge in [0.25, 0.3) is 0 Å². The molecule has 1 aromatic carbocycles. The Balaban J connectivity index is 0.000000317. The molecule has 0 amide bonds. The van der Waals surface area contributed by atoms with Gasteiger partial charge in [0.05, 0.1) is 19.8 Å². The summed E-state index contributed by atoms with van der Waals surface area (Å²) in [6.45, 7) is 7.55. The van der Waals surface area contributed by atoms with E-state index in [1.54, 1.807) is 23.5 Å². The summed E-state index contributed by atoms with van der Waals surface area (Å²) in [5.74, 6) is -5.69. The molecule has 1 spiro atoms. The highest BCUT2D eigenvalue weighted by atomic mass is 32.1. The summed E-state index contributed by atoms with van der Waals surface area (Å²) >= 11 is 1.73. The molecule has 16 heteroatoms. The van der Waals surface area contributed by atoms with Crippen LogP contribution >= 0.6 is 11.3 Å². The molecule has 0 radical (unpaired) electrons. The molecule has 218 valence electrons. The number of alkyl halides is 6. The third kappa shape index (κ3) is 11.4. The van der Waals surface area contributed by atoms with Crippen LogP contribution in [-0.2, 0) is 27.4 Å². The van der Waals surface area contributed by atoms with Crippen LogP contribution in [0.25, 0.3) is 0 Å². The average molecular weight is 590 g/mol. The zero-order chi connectivity index (χ0) is 29.3. The molecule has 1 atom stereocenters. The lowest BCUT2D eigenvalue weighted by atomic mass is 9.87. The molecule has 2 aliphatic rings. The highest BCUT2D eigenvalue weighted by molar-refractivity contribution is 7.09. The number of carboxylic acids is 2. The summed E-state index contributed by atoms with van der Waals surface area (Å²) in [5.41, 5.74) is 1.37. The van der Waals surface area contributed by atoms with Crippen LogP contribution in [0.4, 0.5) is 30.7 Å². The number of benzene rings is 1. The zero-order valence-corrected chi connectivity index (χ0v) is 21.2. The average Bonchev–Trinajstić information content (AvgIpc) is 3.43. The highest BCUT2D eigenvalue weighted by Crippen LogP contribution is 2.34. The Labute approximate surface area is 222 Å². The zero-order valence-electron chi connectivity index (χ0n) is 20.3. The second-order valence-electron chi connectivity index (χ2n) is 8.88. The first-order valence-electron chi connectivity index (χ1n) is 11.4. The van der Waals surface area contributed by atoms with E-state index in [1.807, 2.05) is 23.7 Å². The van der Waals surface area contributed by atoms with Gasteiger partial charge in [0, 0.05) is 43.2 Å². The van der Waals surface area contributed by atoms with Crippen LogP contribution in [0.15, 0.2) is 35.8 Å². The van der Waals surface area contributed by atoms with Gasteiger partial charge in [-0.05, 0) is 30.7 Å². The van der Waals surface area contributed by atoms with E-state index in [9.17, 15) is 30.7 Å². The van der Waals surface area contributed by atoms with E-state index in [0.717, 1.165) is 64.5 Å². The second kappa shape index (κ2) is 14.0. The maximum atomic E-state index is 13.1. The van der Waals surface area contributed by atoms with Gasteiger partial charge in [0.15, 0.2) is 0 Å². The van der Waals surface area contributed by atoms with Crippen molar-refractivity contribution in [3.05, 3.63) is 52.2 Å². The van der Waals surface area contributed by atoms with Gasteiger partial charge in [0.1, 0.15) is 10.8 Å². The van der Waals surface area contributed by atoms with E-state index in [-0.39, 0.29) is 11.2 Å². The molecular formula is C23H26F7N3O5S.